The Morgan fingerprint density at radius 2 is 1.38 bits per heavy atom. The van der Waals surface area contributed by atoms with Crippen LogP contribution in [-0.4, -0.2) is 50.0 Å². The summed E-state index contributed by atoms with van der Waals surface area (Å²) in [7, 11) is -5.85. The second-order valence-electron chi connectivity index (χ2n) is 6.63. The molecule has 9 nitrogen and oxygen atoms in total. The van der Waals surface area contributed by atoms with Crippen molar-refractivity contribution in [1.29, 1.82) is 0 Å². The Bertz CT molecular complexity index is 577. The van der Waals surface area contributed by atoms with E-state index in [1.54, 1.807) is 12.1 Å². The highest BCUT2D eigenvalue weighted by Crippen LogP contribution is 2.38. The van der Waals surface area contributed by atoms with Crippen molar-refractivity contribution < 1.29 is 43.7 Å². The Labute approximate surface area is 153 Å². The zero-order valence-corrected chi connectivity index (χ0v) is 16.6. The molecule has 0 heterocycles. The van der Waals surface area contributed by atoms with Crippen molar-refractivity contribution in [3.8, 4) is 0 Å². The molecule has 1 aromatic rings. The van der Waals surface area contributed by atoms with Gasteiger partial charge in [0.15, 0.2) is 4.31 Å². The molecule has 3 atom stereocenters. The summed E-state index contributed by atoms with van der Waals surface area (Å²) in [5.41, 5.74) is 0.0553. The fourth-order valence-corrected chi connectivity index (χ4v) is 2.70. The molecule has 0 aromatic heterocycles. The molecule has 3 unspecified atom stereocenters. The molecule has 0 aliphatic heterocycles. The van der Waals surface area contributed by atoms with Crippen molar-refractivity contribution in [2.45, 2.75) is 32.3 Å². The van der Waals surface area contributed by atoms with Crippen LogP contribution in [0.1, 0.15) is 38.0 Å². The third kappa shape index (κ3) is 7.40. The summed E-state index contributed by atoms with van der Waals surface area (Å²) in [6.45, 7) is 4.62. The predicted molar refractivity (Wildman–Crippen MR) is 94.5 cm³/mol. The summed E-state index contributed by atoms with van der Waals surface area (Å²) in [4.78, 5) is 15.3. The fraction of sp³-hybridized carbons (Fsp3) is 0.600. The second kappa shape index (κ2) is 11.1. The zero-order valence-electron chi connectivity index (χ0n) is 14.8. The first-order valence-corrected chi connectivity index (χ1v) is 9.81. The van der Waals surface area contributed by atoms with Crippen LogP contribution in [0.4, 0.5) is 0 Å². The van der Waals surface area contributed by atoms with Gasteiger partial charge in [0.25, 0.3) is 0 Å². The van der Waals surface area contributed by atoms with E-state index in [0.29, 0.717) is 5.56 Å². The van der Waals surface area contributed by atoms with Crippen LogP contribution in [-0.2, 0) is 18.9 Å². The van der Waals surface area contributed by atoms with Gasteiger partial charge in [-0.15, -0.1) is 9.79 Å². The molecule has 0 amide bonds. The highest BCUT2D eigenvalue weighted by Gasteiger charge is 2.39. The van der Waals surface area contributed by atoms with Crippen LogP contribution in [0.25, 0.3) is 0 Å². The van der Waals surface area contributed by atoms with Gasteiger partial charge in [-0.25, -0.2) is 0 Å². The minimum atomic E-state index is -2.92. The molecule has 0 radical (unpaired) electrons. The molecule has 26 heavy (non-hydrogen) atoms. The van der Waals surface area contributed by atoms with Gasteiger partial charge in [-0.3, -0.25) is 0 Å². The van der Waals surface area contributed by atoms with E-state index in [1.165, 1.54) is 0 Å². The van der Waals surface area contributed by atoms with E-state index in [4.69, 9.17) is 9.79 Å². The van der Waals surface area contributed by atoms with Crippen LogP contribution in [0.15, 0.2) is 24.3 Å². The monoisotopic (exact) mass is 412 g/mol. The maximum atomic E-state index is 10.5. The van der Waals surface area contributed by atoms with Crippen LogP contribution >= 0.6 is 16.5 Å². The molecule has 148 valence electrons. The van der Waals surface area contributed by atoms with Crippen LogP contribution in [0.5, 0.6) is 0 Å². The number of hydrogen-bond acceptors (Lipinski definition) is 7. The van der Waals surface area contributed by atoms with E-state index in [2.05, 4.69) is 4.31 Å². The molecular formula is C15H26O9P2+2. The molecule has 0 saturated carbocycles. The van der Waals surface area contributed by atoms with Crippen molar-refractivity contribution in [3.63, 3.8) is 0 Å². The van der Waals surface area contributed by atoms with E-state index < -0.39 is 47.8 Å². The lowest BCUT2D eigenvalue weighted by Crippen LogP contribution is -2.41. The van der Waals surface area contributed by atoms with Gasteiger partial charge in [-0.2, -0.15) is 0 Å². The molecular weight excluding hydrogens is 386 g/mol. The van der Waals surface area contributed by atoms with Crippen molar-refractivity contribution in [3.05, 3.63) is 35.4 Å². The largest absolute Gasteiger partial charge is 0.745 e. The number of aliphatic hydroxyl groups excluding tert-OH is 4. The molecule has 0 bridgehead atoms. The van der Waals surface area contributed by atoms with Gasteiger partial charge in [0.2, 0.25) is 0 Å². The SMILES string of the molecule is CC(C)(C)c1ccccc1C(O)C(CO)(CO)CO.O=[P+](O)O[P+](=O)O. The lowest BCUT2D eigenvalue weighted by atomic mass is 9.75. The molecule has 11 heteroatoms. The summed E-state index contributed by atoms with van der Waals surface area (Å²) in [6, 6.07) is 7.36. The first-order valence-electron chi connectivity index (χ1n) is 7.55. The van der Waals surface area contributed by atoms with Crippen molar-refractivity contribution in [2.75, 3.05) is 19.8 Å². The molecule has 0 aliphatic rings. The highest BCUT2D eigenvalue weighted by atomic mass is 31.2. The van der Waals surface area contributed by atoms with Gasteiger partial charge >= 0.3 is 16.5 Å². The number of aliphatic hydroxyl groups is 4. The predicted octanol–water partition coefficient (Wildman–Crippen LogP) is 1.28. The zero-order chi connectivity index (χ0) is 20.5. The van der Waals surface area contributed by atoms with Gasteiger partial charge < -0.3 is 20.4 Å². The molecule has 0 spiro atoms. The number of rotatable bonds is 7. The average Bonchev–Trinajstić information content (AvgIpc) is 2.55. The lowest BCUT2D eigenvalue weighted by Gasteiger charge is -2.35. The van der Waals surface area contributed by atoms with Crippen molar-refractivity contribution >= 4 is 16.5 Å². The maximum Gasteiger partial charge on any atom is 0.745 e. The van der Waals surface area contributed by atoms with Gasteiger partial charge in [0, 0.05) is 9.13 Å². The summed E-state index contributed by atoms with van der Waals surface area (Å²) in [5, 5.41) is 38.8. The van der Waals surface area contributed by atoms with Crippen LogP contribution in [0.3, 0.4) is 0 Å². The summed E-state index contributed by atoms with van der Waals surface area (Å²) >= 11 is 0. The third-order valence-corrected chi connectivity index (χ3v) is 4.85. The summed E-state index contributed by atoms with van der Waals surface area (Å²) in [6.07, 6.45) is -1.12. The normalized spacial score (nSPS) is 14.2. The third-order valence-electron chi connectivity index (χ3n) is 3.73. The molecule has 0 saturated heterocycles. The van der Waals surface area contributed by atoms with Crippen molar-refractivity contribution in [2.24, 2.45) is 5.41 Å². The topological polar surface area (TPSA) is 165 Å². The number of benzene rings is 1. The van der Waals surface area contributed by atoms with E-state index in [9.17, 15) is 29.6 Å². The van der Waals surface area contributed by atoms with Gasteiger partial charge in [0.1, 0.15) is 0 Å². The van der Waals surface area contributed by atoms with Crippen LogP contribution in [0.2, 0.25) is 0 Å². The Morgan fingerprint density at radius 1 is 0.962 bits per heavy atom. The van der Waals surface area contributed by atoms with Gasteiger partial charge in [-0.1, -0.05) is 45.0 Å². The second-order valence-corrected chi connectivity index (χ2v) is 8.24. The molecule has 1 rings (SSSR count). The number of hydrogen-bond donors (Lipinski definition) is 6. The van der Waals surface area contributed by atoms with Gasteiger partial charge in [0.05, 0.1) is 31.3 Å². The van der Waals surface area contributed by atoms with Crippen molar-refractivity contribution in [1.82, 2.24) is 0 Å². The molecule has 0 fully saturated rings. The van der Waals surface area contributed by atoms with Crippen LogP contribution < -0.4 is 0 Å². The Balaban J connectivity index is 0.000000758. The minimum absolute atomic E-state index is 0.177. The van der Waals surface area contributed by atoms with E-state index in [1.807, 2.05) is 32.9 Å². The average molecular weight is 412 g/mol. The Hall–Kier alpha value is -0.860. The molecule has 1 aromatic carbocycles. The van der Waals surface area contributed by atoms with Gasteiger partial charge in [-0.05, 0) is 16.5 Å². The summed E-state index contributed by atoms with van der Waals surface area (Å²) in [5.74, 6) is 0. The molecule has 6 N–H and O–H groups in total. The summed E-state index contributed by atoms with van der Waals surface area (Å²) < 4.78 is 22.2. The Morgan fingerprint density at radius 3 is 1.69 bits per heavy atom. The van der Waals surface area contributed by atoms with E-state index in [0.717, 1.165) is 5.56 Å². The maximum absolute atomic E-state index is 10.5. The smallest absolute Gasteiger partial charge is 0.395 e. The first kappa shape index (κ1) is 25.1. The minimum Gasteiger partial charge on any atom is -0.395 e. The quantitative estimate of drug-likeness (QED) is 0.362. The highest BCUT2D eigenvalue weighted by molar-refractivity contribution is 7.46. The fourth-order valence-electron chi connectivity index (χ4n) is 2.22. The van der Waals surface area contributed by atoms with E-state index in [-0.39, 0.29) is 5.41 Å². The molecule has 0 aliphatic carbocycles. The first-order chi connectivity index (χ1) is 11.9. The Kier molecular flexibility index (Phi) is 10.7. The lowest BCUT2D eigenvalue weighted by molar-refractivity contribution is -0.0857. The van der Waals surface area contributed by atoms with E-state index >= 15 is 0 Å². The van der Waals surface area contributed by atoms with Crippen LogP contribution in [0, 0.1) is 5.41 Å². The standard InChI is InChI=1S/C15H24O4.O5P2/c1-14(2,3)12-7-5-4-6-11(12)13(19)15(8-16,9-17)10-18;1-6(2)5-7(3)4/h4-7,13,16-19H,8-10H2,1-3H3;/p+2.